The van der Waals surface area contributed by atoms with Crippen molar-refractivity contribution in [1.82, 2.24) is 24.6 Å². The number of halogens is 1. The van der Waals surface area contributed by atoms with Gasteiger partial charge in [-0.1, -0.05) is 53.7 Å². The highest BCUT2D eigenvalue weighted by molar-refractivity contribution is 7.99. The van der Waals surface area contributed by atoms with Gasteiger partial charge in [0.25, 0.3) is 11.5 Å². The number of rotatable bonds is 8. The number of aromatic nitrogens is 4. The lowest BCUT2D eigenvalue weighted by atomic mass is 9.81. The van der Waals surface area contributed by atoms with Gasteiger partial charge in [0.1, 0.15) is 5.82 Å². The lowest BCUT2D eigenvalue weighted by Crippen LogP contribution is -2.34. The fraction of sp³-hybridized carbons (Fsp3) is 0.345. The number of carbonyl (C=O) groups excluding carboxylic acids is 2. The van der Waals surface area contributed by atoms with Crippen molar-refractivity contribution in [2.24, 2.45) is 11.8 Å². The summed E-state index contributed by atoms with van der Waals surface area (Å²) in [4.78, 5) is 43.9. The molecule has 0 unspecified atom stereocenters. The molecule has 11 heteroatoms. The number of carbonyl (C=O) groups is 2. The molecule has 0 radical (unpaired) electrons. The fourth-order valence-corrected chi connectivity index (χ4v) is 6.24. The third-order valence-electron chi connectivity index (χ3n) is 7.36. The molecule has 1 saturated carbocycles. The van der Waals surface area contributed by atoms with E-state index in [1.165, 1.54) is 16.4 Å². The molecule has 0 aliphatic heterocycles. The summed E-state index contributed by atoms with van der Waals surface area (Å²) in [6, 6.07) is 16.4. The Morgan fingerprint density at radius 3 is 2.55 bits per heavy atom. The van der Waals surface area contributed by atoms with E-state index in [1.54, 1.807) is 29.7 Å². The number of hydrogen-bond donors (Lipinski definition) is 2. The number of nitrogens with zero attached hydrogens (tertiary/aromatic N) is 4. The zero-order chi connectivity index (χ0) is 28.2. The molecule has 5 rings (SSSR count). The van der Waals surface area contributed by atoms with Gasteiger partial charge in [0.2, 0.25) is 5.91 Å². The first-order chi connectivity index (χ1) is 19.3. The minimum Gasteiger partial charge on any atom is -0.382 e. The normalized spacial score (nSPS) is 17.1. The van der Waals surface area contributed by atoms with Crippen molar-refractivity contribution in [3.8, 4) is 0 Å². The number of thioether (sulfide) groups is 1. The highest BCUT2D eigenvalue weighted by Gasteiger charge is 2.28. The Morgan fingerprint density at radius 1 is 1.10 bits per heavy atom. The van der Waals surface area contributed by atoms with Gasteiger partial charge in [-0.2, -0.15) is 0 Å². The summed E-state index contributed by atoms with van der Waals surface area (Å²) < 4.78 is 2.97. The van der Waals surface area contributed by atoms with E-state index in [-0.39, 0.29) is 40.8 Å². The van der Waals surface area contributed by atoms with E-state index in [0.29, 0.717) is 39.9 Å². The monoisotopic (exact) mass is 578 g/mol. The molecule has 4 aromatic rings. The number of para-hydroxylation sites is 1. The molecule has 0 atom stereocenters. The maximum atomic E-state index is 13.5. The van der Waals surface area contributed by atoms with E-state index in [9.17, 15) is 14.4 Å². The van der Waals surface area contributed by atoms with Crippen molar-refractivity contribution < 1.29 is 9.59 Å². The number of aryl methyl sites for hydroxylation is 1. The third kappa shape index (κ3) is 6.23. The molecule has 0 saturated heterocycles. The van der Waals surface area contributed by atoms with Gasteiger partial charge in [-0.05, 0) is 62.3 Å². The maximum Gasteiger partial charge on any atom is 0.262 e. The number of anilines is 1. The van der Waals surface area contributed by atoms with Gasteiger partial charge in [0.15, 0.2) is 5.16 Å². The Kier molecular flexibility index (Phi) is 8.56. The summed E-state index contributed by atoms with van der Waals surface area (Å²) in [5.74, 6) is 0.289. The molecule has 3 N–H and O–H groups in total. The molecule has 0 bridgehead atoms. The quantitative estimate of drug-likeness (QED) is 0.229. The van der Waals surface area contributed by atoms with Gasteiger partial charge in [0, 0.05) is 35.8 Å². The zero-order valence-corrected chi connectivity index (χ0v) is 23.8. The number of nitrogen functional groups attached to an aromatic ring is 1. The highest BCUT2D eigenvalue weighted by Crippen LogP contribution is 2.31. The summed E-state index contributed by atoms with van der Waals surface area (Å²) in [6.07, 6.45) is 3.13. The Hall–Kier alpha value is -3.63. The molecule has 40 heavy (non-hydrogen) atoms. The van der Waals surface area contributed by atoms with Crippen molar-refractivity contribution in [2.75, 3.05) is 11.5 Å². The topological polar surface area (TPSA) is 125 Å². The van der Waals surface area contributed by atoms with Crippen LogP contribution in [-0.4, -0.2) is 36.9 Å². The summed E-state index contributed by atoms with van der Waals surface area (Å²) in [5.41, 5.74) is 7.75. The van der Waals surface area contributed by atoms with Gasteiger partial charge >= 0.3 is 0 Å². The molecule has 1 aliphatic rings. The maximum absolute atomic E-state index is 13.5. The number of fused-ring (bicyclic) bond motifs is 1. The van der Waals surface area contributed by atoms with Crippen LogP contribution >= 0.6 is 23.4 Å². The first-order valence-electron chi connectivity index (χ1n) is 13.3. The first kappa shape index (κ1) is 27.9. The first-order valence-corrected chi connectivity index (χ1v) is 14.7. The van der Waals surface area contributed by atoms with E-state index < -0.39 is 0 Å². The number of hydrogen-bond acceptors (Lipinski definition) is 7. The van der Waals surface area contributed by atoms with Crippen LogP contribution in [0, 0.1) is 18.8 Å². The van der Waals surface area contributed by atoms with Gasteiger partial charge in [-0.25, -0.2) is 9.67 Å². The lowest BCUT2D eigenvalue weighted by Gasteiger charge is -2.28. The second-order valence-electron chi connectivity index (χ2n) is 10.2. The summed E-state index contributed by atoms with van der Waals surface area (Å²) in [6.45, 7) is 2.65. The zero-order valence-electron chi connectivity index (χ0n) is 22.2. The standard InChI is InChI=1S/C29H31ClN6O3S/c1-18-14-25(31)34-36(18)26(37)17-40-29-33-24-9-5-3-7-22(24)28(39)35(29)16-19-10-12-20(13-11-19)27(38)32-15-21-6-2-4-8-23(21)30/h2-9,14,19-20H,10-13,15-17H2,1H3,(H2,31,34)(H,32,38). The molecule has 2 aromatic heterocycles. The van der Waals surface area contributed by atoms with E-state index in [2.05, 4.69) is 10.4 Å². The Balaban J connectivity index is 1.26. The van der Waals surface area contributed by atoms with Gasteiger partial charge < -0.3 is 11.1 Å². The van der Waals surface area contributed by atoms with E-state index in [0.717, 1.165) is 31.2 Å². The smallest absolute Gasteiger partial charge is 0.262 e. The third-order valence-corrected chi connectivity index (χ3v) is 8.69. The predicted octanol–water partition coefficient (Wildman–Crippen LogP) is 4.69. The minimum absolute atomic E-state index is 0.0345. The second-order valence-corrected chi connectivity index (χ2v) is 11.5. The van der Waals surface area contributed by atoms with Crippen LogP contribution in [0.3, 0.4) is 0 Å². The largest absolute Gasteiger partial charge is 0.382 e. The Bertz CT molecular complexity index is 1610. The Morgan fingerprint density at radius 2 is 1.82 bits per heavy atom. The van der Waals surface area contributed by atoms with Crippen molar-refractivity contribution in [1.29, 1.82) is 0 Å². The van der Waals surface area contributed by atoms with E-state index in [4.69, 9.17) is 22.3 Å². The van der Waals surface area contributed by atoms with Gasteiger partial charge in [-0.15, -0.1) is 5.10 Å². The van der Waals surface area contributed by atoms with Gasteiger partial charge in [-0.3, -0.25) is 19.0 Å². The molecule has 1 fully saturated rings. The van der Waals surface area contributed by atoms with E-state index in [1.807, 2.05) is 36.4 Å². The molecule has 1 amide bonds. The summed E-state index contributed by atoms with van der Waals surface area (Å²) >= 11 is 7.44. The van der Waals surface area contributed by atoms with E-state index >= 15 is 0 Å². The average molecular weight is 579 g/mol. The van der Waals surface area contributed by atoms with Crippen LogP contribution in [-0.2, 0) is 17.9 Å². The van der Waals surface area contributed by atoms with Crippen molar-refractivity contribution in [3.63, 3.8) is 0 Å². The number of nitrogens with two attached hydrogens (primary N) is 1. The molecule has 0 spiro atoms. The van der Waals surface area contributed by atoms with Crippen LogP contribution < -0.4 is 16.6 Å². The van der Waals surface area contributed by atoms with Crippen molar-refractivity contribution >= 4 is 51.9 Å². The van der Waals surface area contributed by atoms with Crippen LogP contribution in [0.4, 0.5) is 5.82 Å². The van der Waals surface area contributed by atoms with Crippen LogP contribution in [0.5, 0.6) is 0 Å². The summed E-state index contributed by atoms with van der Waals surface area (Å²) in [7, 11) is 0. The SMILES string of the molecule is Cc1cc(N)nn1C(=O)CSc1nc2ccccc2c(=O)n1CC1CCC(C(=O)NCc2ccccc2Cl)CC1. The molecule has 2 heterocycles. The molecular weight excluding hydrogens is 548 g/mol. The molecule has 2 aromatic carbocycles. The van der Waals surface area contributed by atoms with Crippen molar-refractivity contribution in [3.05, 3.63) is 81.2 Å². The molecular formula is C29H31ClN6O3S. The minimum atomic E-state index is -0.239. The van der Waals surface area contributed by atoms with Gasteiger partial charge in [0.05, 0.1) is 16.7 Å². The second kappa shape index (κ2) is 12.3. The van der Waals surface area contributed by atoms with Crippen molar-refractivity contribution in [2.45, 2.75) is 50.9 Å². The lowest BCUT2D eigenvalue weighted by molar-refractivity contribution is -0.126. The average Bonchev–Trinajstić information content (AvgIpc) is 3.30. The van der Waals surface area contributed by atoms with Crippen LogP contribution in [0.15, 0.2) is 64.5 Å². The van der Waals surface area contributed by atoms with Crippen LogP contribution in [0.1, 0.15) is 41.7 Å². The predicted molar refractivity (Wildman–Crippen MR) is 157 cm³/mol. The molecule has 1 aliphatic carbocycles. The van der Waals surface area contributed by atoms with Crippen LogP contribution in [0.25, 0.3) is 10.9 Å². The highest BCUT2D eigenvalue weighted by atomic mass is 35.5. The molecule has 208 valence electrons. The Labute approximate surface area is 241 Å². The van der Waals surface area contributed by atoms with Crippen LogP contribution in [0.2, 0.25) is 5.02 Å². The number of amides is 1. The summed E-state index contributed by atoms with van der Waals surface area (Å²) in [5, 5.41) is 8.76. The number of benzene rings is 2. The molecule has 9 nitrogen and oxygen atoms in total. The number of nitrogens with one attached hydrogen (secondary N) is 1. The fourth-order valence-electron chi connectivity index (χ4n) is 5.19.